The molecular weight excluding hydrogens is 338 g/mol. The Kier molecular flexibility index (Phi) is 4.26. The topological polar surface area (TPSA) is 55.1 Å². The van der Waals surface area contributed by atoms with Gasteiger partial charge in [-0.3, -0.25) is 4.79 Å². The number of nitrogens with one attached hydrogen (secondary N) is 1. The van der Waals surface area contributed by atoms with Crippen molar-refractivity contribution in [1.82, 2.24) is 0 Å². The Morgan fingerprint density at radius 3 is 2.00 bits per heavy atom. The molecule has 0 heterocycles. The zero-order valence-electron chi connectivity index (χ0n) is 12.2. The van der Waals surface area contributed by atoms with E-state index >= 15 is 0 Å². The molecule has 1 amide bonds. The van der Waals surface area contributed by atoms with Crippen molar-refractivity contribution in [3.05, 3.63) is 42.0 Å². The van der Waals surface area contributed by atoms with Crippen LogP contribution in [0.4, 0.5) is 32.0 Å². The minimum Gasteiger partial charge on any atom is -0.325 e. The summed E-state index contributed by atoms with van der Waals surface area (Å²) in [5, 5.41) is 2.43. The summed E-state index contributed by atoms with van der Waals surface area (Å²) in [5.74, 6) is -0.820. The molecule has 0 bridgehead atoms. The number of halogens is 6. The summed E-state index contributed by atoms with van der Waals surface area (Å²) in [5.41, 5.74) is -1.66. The van der Waals surface area contributed by atoms with Gasteiger partial charge < -0.3 is 11.1 Å². The Labute approximate surface area is 132 Å². The predicted molar refractivity (Wildman–Crippen MR) is 76.2 cm³/mol. The molecule has 130 valence electrons. The van der Waals surface area contributed by atoms with Crippen molar-refractivity contribution < 1.29 is 31.1 Å². The second-order valence-corrected chi connectivity index (χ2v) is 5.19. The summed E-state index contributed by atoms with van der Waals surface area (Å²) < 4.78 is 79.5. The Morgan fingerprint density at radius 2 is 1.50 bits per heavy atom. The van der Waals surface area contributed by atoms with Crippen molar-refractivity contribution in [3.63, 3.8) is 0 Å². The number of amides is 1. The van der Waals surface area contributed by atoms with E-state index in [1.807, 2.05) is 5.32 Å². The summed E-state index contributed by atoms with van der Waals surface area (Å²) in [6.45, 7) is 0.977. The molecule has 0 radical (unpaired) electrons. The van der Waals surface area contributed by atoms with Gasteiger partial charge in [-0.15, -0.1) is 0 Å². The van der Waals surface area contributed by atoms with Gasteiger partial charge in [0.1, 0.15) is 0 Å². The van der Waals surface area contributed by atoms with Crippen molar-refractivity contribution in [1.29, 1.82) is 0 Å². The first-order valence-electron chi connectivity index (χ1n) is 6.61. The average Bonchev–Trinajstić information content (AvgIpc) is 2.44. The van der Waals surface area contributed by atoms with E-state index in [0.717, 1.165) is 13.0 Å². The van der Waals surface area contributed by atoms with Crippen LogP contribution in [-0.2, 0) is 10.3 Å². The molecule has 0 aliphatic heterocycles. The Morgan fingerprint density at radius 1 is 0.958 bits per heavy atom. The molecule has 0 unspecified atom stereocenters. The highest BCUT2D eigenvalue weighted by molar-refractivity contribution is 6.03. The monoisotopic (exact) mass is 350 g/mol. The van der Waals surface area contributed by atoms with Crippen LogP contribution in [0, 0.1) is 0 Å². The van der Waals surface area contributed by atoms with Crippen LogP contribution in [0.5, 0.6) is 0 Å². The highest BCUT2D eigenvalue weighted by atomic mass is 19.4. The smallest absolute Gasteiger partial charge is 0.325 e. The van der Waals surface area contributed by atoms with Crippen LogP contribution in [0.2, 0.25) is 0 Å². The van der Waals surface area contributed by atoms with Crippen LogP contribution in [0.3, 0.4) is 0 Å². The van der Waals surface area contributed by atoms with Gasteiger partial charge in [-0.2, -0.15) is 26.3 Å². The lowest BCUT2D eigenvalue weighted by Crippen LogP contribution is -2.61. The van der Waals surface area contributed by atoms with Crippen LogP contribution >= 0.6 is 0 Å². The summed E-state index contributed by atoms with van der Waals surface area (Å²) in [4.78, 5) is 11.3. The lowest BCUT2D eigenvalue weighted by Gasteiger charge is -2.35. The maximum Gasteiger partial charge on any atom is 0.419 e. The van der Waals surface area contributed by atoms with Crippen molar-refractivity contribution in [2.24, 2.45) is 5.73 Å². The van der Waals surface area contributed by atoms with Crippen LogP contribution in [0.25, 0.3) is 10.8 Å². The molecular formula is C15H12F6N2O. The van der Waals surface area contributed by atoms with Crippen LogP contribution in [0.1, 0.15) is 12.5 Å². The van der Waals surface area contributed by atoms with Gasteiger partial charge >= 0.3 is 12.4 Å². The summed E-state index contributed by atoms with van der Waals surface area (Å²) in [6.07, 6.45) is -11.6. The van der Waals surface area contributed by atoms with Gasteiger partial charge in [0.2, 0.25) is 11.4 Å². The van der Waals surface area contributed by atoms with E-state index in [4.69, 9.17) is 5.73 Å². The maximum atomic E-state index is 13.2. The molecule has 0 fully saturated rings. The number of carbonyl (C=O) groups is 1. The molecule has 0 aliphatic rings. The van der Waals surface area contributed by atoms with E-state index in [9.17, 15) is 31.1 Å². The highest BCUT2D eigenvalue weighted by Crippen LogP contribution is 2.51. The van der Waals surface area contributed by atoms with Gasteiger partial charge in [0.15, 0.2) is 0 Å². The molecule has 24 heavy (non-hydrogen) atoms. The molecule has 0 aromatic heterocycles. The van der Waals surface area contributed by atoms with E-state index in [2.05, 4.69) is 0 Å². The fraction of sp³-hybridized carbons (Fsp3) is 0.267. The number of hydrogen-bond donors (Lipinski definition) is 2. The molecule has 9 heteroatoms. The molecule has 2 rings (SSSR count). The fourth-order valence-electron chi connectivity index (χ4n) is 2.38. The quantitative estimate of drug-likeness (QED) is 0.802. The number of fused-ring (bicyclic) bond motifs is 1. The minimum atomic E-state index is -5.82. The minimum absolute atomic E-state index is 0.0218. The molecule has 2 aromatic carbocycles. The fourth-order valence-corrected chi connectivity index (χ4v) is 2.38. The molecule has 0 saturated heterocycles. The third kappa shape index (κ3) is 2.79. The van der Waals surface area contributed by atoms with E-state index in [0.29, 0.717) is 11.5 Å². The normalized spacial score (nSPS) is 13.2. The Bertz CT molecular complexity index is 768. The van der Waals surface area contributed by atoms with Gasteiger partial charge in [0.05, 0.1) is 5.69 Å². The number of rotatable bonds is 2. The van der Waals surface area contributed by atoms with Crippen molar-refractivity contribution >= 4 is 22.4 Å². The largest absolute Gasteiger partial charge is 0.419 e. The standard InChI is InChI=1S/C15H12F6N2O/c1-8(24)23-12-10-5-3-2-4-9(10)6-7-11(12)13(22,14(16,17)18)15(19,20)21/h2-7H,22H2,1H3,(H,23,24). The first-order chi connectivity index (χ1) is 10.9. The van der Waals surface area contributed by atoms with Crippen LogP contribution in [-0.4, -0.2) is 18.3 Å². The van der Waals surface area contributed by atoms with Crippen LogP contribution in [0.15, 0.2) is 36.4 Å². The summed E-state index contributed by atoms with van der Waals surface area (Å²) >= 11 is 0. The SMILES string of the molecule is CC(=O)Nc1c(C(N)(C(F)(F)F)C(F)(F)F)ccc2ccccc12. The average molecular weight is 350 g/mol. The summed E-state index contributed by atoms with van der Waals surface area (Å²) in [6, 6.07) is 7.50. The first-order valence-corrected chi connectivity index (χ1v) is 6.61. The molecule has 0 saturated carbocycles. The third-order valence-corrected chi connectivity index (χ3v) is 3.55. The second-order valence-electron chi connectivity index (χ2n) is 5.19. The zero-order chi connectivity index (χ0) is 18.3. The van der Waals surface area contributed by atoms with Gasteiger partial charge in [0.25, 0.3) is 0 Å². The number of hydrogen-bond acceptors (Lipinski definition) is 2. The molecule has 3 N–H and O–H groups in total. The van der Waals surface area contributed by atoms with Crippen molar-refractivity contribution in [3.8, 4) is 0 Å². The number of anilines is 1. The molecule has 0 aliphatic carbocycles. The Hall–Kier alpha value is -2.29. The maximum absolute atomic E-state index is 13.2. The van der Waals surface area contributed by atoms with E-state index in [1.54, 1.807) is 6.07 Å². The van der Waals surface area contributed by atoms with Gasteiger partial charge in [-0.05, 0) is 5.39 Å². The molecule has 0 spiro atoms. The lowest BCUT2D eigenvalue weighted by molar-refractivity contribution is -0.301. The van der Waals surface area contributed by atoms with Crippen molar-refractivity contribution in [2.45, 2.75) is 24.8 Å². The predicted octanol–water partition coefficient (Wildman–Crippen LogP) is 4.08. The van der Waals surface area contributed by atoms with E-state index in [-0.39, 0.29) is 5.39 Å². The number of alkyl halides is 6. The third-order valence-electron chi connectivity index (χ3n) is 3.55. The van der Waals surface area contributed by atoms with Gasteiger partial charge in [0, 0.05) is 17.9 Å². The molecule has 2 aromatic rings. The second kappa shape index (κ2) is 5.66. The first kappa shape index (κ1) is 18.1. The number of nitrogens with two attached hydrogens (primary N) is 1. The van der Waals surface area contributed by atoms with Gasteiger partial charge in [-0.25, -0.2) is 0 Å². The zero-order valence-corrected chi connectivity index (χ0v) is 12.2. The lowest BCUT2D eigenvalue weighted by atomic mass is 9.86. The van der Waals surface area contributed by atoms with Crippen molar-refractivity contribution in [2.75, 3.05) is 5.32 Å². The van der Waals surface area contributed by atoms with Gasteiger partial charge in [-0.1, -0.05) is 36.4 Å². The van der Waals surface area contributed by atoms with E-state index < -0.39 is 35.0 Å². The van der Waals surface area contributed by atoms with Crippen LogP contribution < -0.4 is 11.1 Å². The highest BCUT2D eigenvalue weighted by Gasteiger charge is 2.70. The molecule has 3 nitrogen and oxygen atoms in total. The number of benzene rings is 2. The number of carbonyl (C=O) groups excluding carboxylic acids is 1. The molecule has 0 atom stereocenters. The summed E-state index contributed by atoms with van der Waals surface area (Å²) in [7, 11) is 0. The Balaban J connectivity index is 2.90. The van der Waals surface area contributed by atoms with E-state index in [1.165, 1.54) is 18.2 Å².